The number of primary amides is 1. The number of hydrogen-bond acceptors (Lipinski definition) is 6. The molecule has 0 aliphatic carbocycles. The number of amides is 1. The maximum absolute atomic E-state index is 11.6. The quantitative estimate of drug-likeness (QED) is 0.403. The van der Waals surface area contributed by atoms with Crippen LogP contribution in [0.3, 0.4) is 0 Å². The van der Waals surface area contributed by atoms with Gasteiger partial charge < -0.3 is 21.3 Å². The van der Waals surface area contributed by atoms with Crippen molar-refractivity contribution >= 4 is 40.4 Å². The number of piperazine rings is 1. The highest BCUT2D eigenvalue weighted by Gasteiger charge is 2.19. The van der Waals surface area contributed by atoms with E-state index in [-0.39, 0.29) is 6.42 Å². The highest BCUT2D eigenvalue weighted by molar-refractivity contribution is 6.31. The number of nitrogens with one attached hydrogen (secondary N) is 2. The van der Waals surface area contributed by atoms with Crippen LogP contribution in [0.5, 0.6) is 0 Å². The standard InChI is InChI=1S/C27H33ClN6O/c1-19(2)33-11-13-34(14-12-33)23-9-7-22(8-10-23)32-27-16-25(21(18-31-27)15-26(29)35)30-17-20-5-3-4-6-24(20)28/h3-10,16,18-19H,11-15,17H2,1-2H3,(H2,29,35)(H2,30,31,32). The first-order chi connectivity index (χ1) is 16.9. The molecule has 3 aromatic rings. The minimum absolute atomic E-state index is 0.108. The van der Waals surface area contributed by atoms with Gasteiger partial charge in [0.15, 0.2) is 0 Å². The van der Waals surface area contributed by atoms with Crippen LogP contribution < -0.4 is 21.3 Å². The number of halogens is 1. The Morgan fingerprint density at radius 3 is 2.43 bits per heavy atom. The van der Waals surface area contributed by atoms with Gasteiger partial charge in [-0.25, -0.2) is 4.98 Å². The van der Waals surface area contributed by atoms with Gasteiger partial charge in [0.1, 0.15) is 5.82 Å². The zero-order valence-electron chi connectivity index (χ0n) is 20.3. The van der Waals surface area contributed by atoms with Crippen LogP contribution in [0, 0.1) is 0 Å². The Balaban J connectivity index is 1.44. The van der Waals surface area contributed by atoms with Crippen molar-refractivity contribution in [3.63, 3.8) is 0 Å². The molecule has 7 nitrogen and oxygen atoms in total. The van der Waals surface area contributed by atoms with Crippen LogP contribution in [0.15, 0.2) is 60.8 Å². The average Bonchev–Trinajstić information content (AvgIpc) is 2.85. The molecule has 0 atom stereocenters. The van der Waals surface area contributed by atoms with Crippen molar-refractivity contribution in [3.05, 3.63) is 76.9 Å². The lowest BCUT2D eigenvalue weighted by molar-refractivity contribution is -0.117. The predicted octanol–water partition coefficient (Wildman–Crippen LogP) is 4.65. The van der Waals surface area contributed by atoms with Crippen molar-refractivity contribution in [1.82, 2.24) is 9.88 Å². The molecule has 1 fully saturated rings. The summed E-state index contributed by atoms with van der Waals surface area (Å²) in [6, 6.07) is 18.6. The number of nitrogens with two attached hydrogens (primary N) is 1. The van der Waals surface area contributed by atoms with E-state index in [9.17, 15) is 4.79 Å². The maximum Gasteiger partial charge on any atom is 0.221 e. The molecule has 4 N–H and O–H groups in total. The highest BCUT2D eigenvalue weighted by Crippen LogP contribution is 2.26. The molecule has 0 unspecified atom stereocenters. The molecular formula is C27H33ClN6O. The summed E-state index contributed by atoms with van der Waals surface area (Å²) in [4.78, 5) is 21.0. The van der Waals surface area contributed by atoms with E-state index in [1.165, 1.54) is 5.69 Å². The van der Waals surface area contributed by atoms with Gasteiger partial charge in [0.2, 0.25) is 5.91 Å². The van der Waals surface area contributed by atoms with E-state index in [0.717, 1.165) is 48.7 Å². The summed E-state index contributed by atoms with van der Waals surface area (Å²) in [5, 5.41) is 7.44. The second-order valence-corrected chi connectivity index (χ2v) is 9.51. The summed E-state index contributed by atoms with van der Waals surface area (Å²) in [6.45, 7) is 9.27. The monoisotopic (exact) mass is 492 g/mol. The zero-order valence-corrected chi connectivity index (χ0v) is 21.1. The third kappa shape index (κ3) is 6.65. The number of rotatable bonds is 9. The van der Waals surface area contributed by atoms with Crippen LogP contribution >= 0.6 is 11.6 Å². The first kappa shape index (κ1) is 24.8. The van der Waals surface area contributed by atoms with Gasteiger partial charge in [-0.1, -0.05) is 29.8 Å². The first-order valence-corrected chi connectivity index (χ1v) is 12.4. The predicted molar refractivity (Wildman–Crippen MR) is 145 cm³/mol. The summed E-state index contributed by atoms with van der Waals surface area (Å²) in [7, 11) is 0. The summed E-state index contributed by atoms with van der Waals surface area (Å²) in [5.41, 5.74) is 10.1. The van der Waals surface area contributed by atoms with Crippen LogP contribution in [-0.2, 0) is 17.8 Å². The van der Waals surface area contributed by atoms with E-state index < -0.39 is 5.91 Å². The van der Waals surface area contributed by atoms with Crippen molar-refractivity contribution in [1.29, 1.82) is 0 Å². The molecule has 1 amide bonds. The van der Waals surface area contributed by atoms with Gasteiger partial charge in [0.05, 0.1) is 6.42 Å². The van der Waals surface area contributed by atoms with E-state index in [4.69, 9.17) is 17.3 Å². The number of benzene rings is 2. The normalized spacial score (nSPS) is 14.2. The molecule has 2 heterocycles. The van der Waals surface area contributed by atoms with Gasteiger partial charge in [-0.2, -0.15) is 0 Å². The van der Waals surface area contributed by atoms with Gasteiger partial charge >= 0.3 is 0 Å². The van der Waals surface area contributed by atoms with Crippen molar-refractivity contribution in [3.8, 4) is 0 Å². The van der Waals surface area contributed by atoms with Gasteiger partial charge in [0.25, 0.3) is 0 Å². The van der Waals surface area contributed by atoms with Crippen molar-refractivity contribution in [2.24, 2.45) is 5.73 Å². The van der Waals surface area contributed by atoms with Gasteiger partial charge in [-0.05, 0) is 49.7 Å². The number of nitrogens with zero attached hydrogens (tertiary/aromatic N) is 3. The Bertz CT molecular complexity index is 1140. The molecule has 35 heavy (non-hydrogen) atoms. The van der Waals surface area contributed by atoms with Gasteiger partial charge in [-0.15, -0.1) is 0 Å². The lowest BCUT2D eigenvalue weighted by Crippen LogP contribution is -2.48. The Morgan fingerprint density at radius 1 is 1.06 bits per heavy atom. The number of anilines is 4. The number of pyridine rings is 1. The Hall–Kier alpha value is -3.29. The second-order valence-electron chi connectivity index (χ2n) is 9.10. The van der Waals surface area contributed by atoms with Crippen LogP contribution in [0.25, 0.3) is 0 Å². The smallest absolute Gasteiger partial charge is 0.221 e. The number of hydrogen-bond donors (Lipinski definition) is 3. The first-order valence-electron chi connectivity index (χ1n) is 12.0. The van der Waals surface area contributed by atoms with E-state index in [2.05, 4.69) is 63.5 Å². The van der Waals surface area contributed by atoms with Gasteiger partial charge in [-0.3, -0.25) is 9.69 Å². The van der Waals surface area contributed by atoms with Gasteiger partial charge in [0, 0.05) is 78.7 Å². The molecule has 1 aliphatic heterocycles. The van der Waals surface area contributed by atoms with Crippen molar-refractivity contribution in [2.45, 2.75) is 32.9 Å². The van der Waals surface area contributed by atoms with Crippen LogP contribution in [0.2, 0.25) is 5.02 Å². The van der Waals surface area contributed by atoms with E-state index in [0.29, 0.717) is 23.4 Å². The van der Waals surface area contributed by atoms with Crippen LogP contribution in [0.1, 0.15) is 25.0 Å². The summed E-state index contributed by atoms with van der Waals surface area (Å²) in [5.74, 6) is 0.274. The molecule has 1 aromatic heterocycles. The third-order valence-corrected chi connectivity index (χ3v) is 6.70. The fraction of sp³-hybridized carbons (Fsp3) is 0.333. The lowest BCUT2D eigenvalue weighted by Gasteiger charge is -2.38. The van der Waals surface area contributed by atoms with Crippen molar-refractivity contribution in [2.75, 3.05) is 41.7 Å². The van der Waals surface area contributed by atoms with Crippen LogP contribution in [0.4, 0.5) is 22.9 Å². The molecule has 8 heteroatoms. The minimum atomic E-state index is -0.405. The molecule has 184 valence electrons. The average molecular weight is 493 g/mol. The largest absolute Gasteiger partial charge is 0.381 e. The summed E-state index contributed by atoms with van der Waals surface area (Å²) in [6.07, 6.45) is 1.79. The second kappa shape index (κ2) is 11.4. The van der Waals surface area contributed by atoms with E-state index in [1.807, 2.05) is 30.3 Å². The number of carbonyl (C=O) groups excluding carboxylic acids is 1. The molecule has 1 saturated heterocycles. The SMILES string of the molecule is CC(C)N1CCN(c2ccc(Nc3cc(NCc4ccccc4Cl)c(CC(N)=O)cn3)cc2)CC1. The minimum Gasteiger partial charge on any atom is -0.381 e. The number of carbonyl (C=O) groups is 1. The molecule has 4 rings (SSSR count). The Kier molecular flexibility index (Phi) is 8.10. The Labute approximate surface area is 212 Å². The Morgan fingerprint density at radius 2 is 1.77 bits per heavy atom. The zero-order chi connectivity index (χ0) is 24.8. The third-order valence-electron chi connectivity index (χ3n) is 6.33. The van der Waals surface area contributed by atoms with E-state index >= 15 is 0 Å². The summed E-state index contributed by atoms with van der Waals surface area (Å²) >= 11 is 6.30. The van der Waals surface area contributed by atoms with Crippen LogP contribution in [-0.4, -0.2) is 48.0 Å². The lowest BCUT2D eigenvalue weighted by atomic mass is 10.1. The summed E-state index contributed by atoms with van der Waals surface area (Å²) < 4.78 is 0. The molecule has 0 spiro atoms. The molecular weight excluding hydrogens is 460 g/mol. The fourth-order valence-corrected chi connectivity index (χ4v) is 4.48. The highest BCUT2D eigenvalue weighted by atomic mass is 35.5. The fourth-order valence-electron chi connectivity index (χ4n) is 4.28. The maximum atomic E-state index is 11.6. The molecule has 0 saturated carbocycles. The van der Waals surface area contributed by atoms with E-state index in [1.54, 1.807) is 6.20 Å². The molecule has 0 radical (unpaired) electrons. The molecule has 2 aromatic carbocycles. The topological polar surface area (TPSA) is 86.5 Å². The van der Waals surface area contributed by atoms with Crippen molar-refractivity contribution < 1.29 is 4.79 Å². The number of aromatic nitrogens is 1. The molecule has 0 bridgehead atoms. The molecule has 1 aliphatic rings.